The van der Waals surface area contributed by atoms with Crippen LogP contribution in [-0.4, -0.2) is 235 Å². The van der Waals surface area contributed by atoms with Gasteiger partial charge in [0, 0.05) is 79.8 Å². The molecule has 0 atom stereocenters. The SMILES string of the molecule is CN(C)C/C=C/C(=O)Cl.CNc1cc(-n2c(=O)n(-c3ccc(C)c(OC)c3)c3c(N)ncnc32)ccc1OCCOC.COCCOc1ccc(-n2c(=O)n(-c3ccc(C)c(OC)c3)c3c(N)ncnc32)cc1N(C)C(=O)/C=C/CN(C)C.COCCOc1ccc(-n2c(=O)n(-c3ccc(C)c(OC)c3)c3c(N)ncnc32)cc1N(C)C(=O)OC(C)(C)C. The van der Waals surface area contributed by atoms with Crippen LogP contribution in [0.3, 0.4) is 0 Å². The number of imidazole rings is 3. The first kappa shape index (κ1) is 93.2. The second-order valence-corrected chi connectivity index (χ2v) is 29.3. The van der Waals surface area contributed by atoms with E-state index >= 15 is 0 Å². The number of nitrogens with zero attached hydrogens (tertiary/aromatic N) is 16. The third-order valence-electron chi connectivity index (χ3n) is 18.6. The van der Waals surface area contributed by atoms with Crippen molar-refractivity contribution in [2.75, 3.05) is 177 Å². The minimum absolute atomic E-state index is 0.131. The molecule has 123 heavy (non-hydrogen) atoms. The first-order valence-electron chi connectivity index (χ1n) is 38.5. The van der Waals surface area contributed by atoms with Crippen LogP contribution in [0.1, 0.15) is 37.5 Å². The summed E-state index contributed by atoms with van der Waals surface area (Å²) < 4.78 is 63.6. The number of methoxy groups -OCH3 is 6. The molecule has 7 N–H and O–H groups in total. The average molecular weight is 1710 g/mol. The summed E-state index contributed by atoms with van der Waals surface area (Å²) in [4.78, 5) is 110. The number of fused-ring (bicyclic) bond motifs is 3. The fourth-order valence-corrected chi connectivity index (χ4v) is 12.6. The number of carbonyl (C=O) groups is 3. The molecule has 12 aromatic rings. The Bertz CT molecular complexity index is 6000. The molecule has 652 valence electrons. The van der Waals surface area contributed by atoms with Crippen molar-refractivity contribution in [3.63, 3.8) is 0 Å². The molecule has 0 bridgehead atoms. The van der Waals surface area contributed by atoms with Crippen molar-refractivity contribution in [3.05, 3.63) is 201 Å². The Balaban J connectivity index is 0.000000200. The summed E-state index contributed by atoms with van der Waals surface area (Å²) in [6.45, 7) is 14.6. The molecular weight excluding hydrogens is 1600 g/mol. The molecule has 0 aliphatic carbocycles. The molecule has 0 saturated heterocycles. The van der Waals surface area contributed by atoms with Gasteiger partial charge in [-0.05, 0) is 177 Å². The first-order valence-corrected chi connectivity index (χ1v) is 38.8. The highest BCUT2D eigenvalue weighted by Gasteiger charge is 2.29. The summed E-state index contributed by atoms with van der Waals surface area (Å²) in [6.07, 6.45) is 9.70. The topological polar surface area (TPSA) is 405 Å². The fourth-order valence-electron chi connectivity index (χ4n) is 12.5. The summed E-state index contributed by atoms with van der Waals surface area (Å²) in [5, 5.41) is 2.69. The van der Waals surface area contributed by atoms with Gasteiger partial charge in [-0.25, -0.2) is 62.8 Å². The predicted molar refractivity (Wildman–Crippen MR) is 476 cm³/mol. The first-order chi connectivity index (χ1) is 58.8. The molecule has 6 aromatic carbocycles. The van der Waals surface area contributed by atoms with Gasteiger partial charge in [-0.2, -0.15) is 0 Å². The number of rotatable bonds is 30. The van der Waals surface area contributed by atoms with Crippen LogP contribution < -0.4 is 77.8 Å². The smallest absolute Gasteiger partial charge is 0.414 e. The second kappa shape index (κ2) is 42.5. The summed E-state index contributed by atoms with van der Waals surface area (Å²) in [6, 6.07) is 31.9. The molecule has 0 spiro atoms. The van der Waals surface area contributed by atoms with Crippen molar-refractivity contribution in [2.45, 2.75) is 47.1 Å². The van der Waals surface area contributed by atoms with Crippen molar-refractivity contribution in [2.24, 2.45) is 0 Å². The maximum absolute atomic E-state index is 14.1. The number of anilines is 6. The van der Waals surface area contributed by atoms with Crippen LogP contribution in [0, 0.1) is 20.8 Å². The van der Waals surface area contributed by atoms with Gasteiger partial charge in [0.05, 0.1) is 92.3 Å². The number of likely N-dealkylation sites (N-methyl/N-ethyl adjacent to an activating group) is 3. The molecular formula is C86H105ClN20O16. The summed E-state index contributed by atoms with van der Waals surface area (Å²) in [7, 11) is 22.2. The number of nitrogen functional groups attached to an aromatic ring is 3. The zero-order chi connectivity index (χ0) is 89.7. The highest BCUT2D eigenvalue weighted by atomic mass is 35.5. The van der Waals surface area contributed by atoms with E-state index in [-0.39, 0.29) is 47.9 Å². The molecule has 0 fully saturated rings. The zero-order valence-corrected chi connectivity index (χ0v) is 73.1. The molecule has 36 nitrogen and oxygen atoms in total. The quantitative estimate of drug-likeness (QED) is 0.0185. The number of hydrogen-bond acceptors (Lipinski definition) is 28. The Labute approximate surface area is 715 Å². The van der Waals surface area contributed by atoms with Crippen LogP contribution in [-0.2, 0) is 28.5 Å². The van der Waals surface area contributed by atoms with Gasteiger partial charge < -0.3 is 84.6 Å². The normalized spacial score (nSPS) is 11.3. The van der Waals surface area contributed by atoms with E-state index in [1.807, 2.05) is 89.1 Å². The van der Waals surface area contributed by atoms with Gasteiger partial charge in [-0.3, -0.25) is 28.2 Å². The molecule has 0 radical (unpaired) electrons. The Morgan fingerprint density at radius 1 is 0.431 bits per heavy atom. The van der Waals surface area contributed by atoms with Crippen molar-refractivity contribution in [1.82, 2.24) is 67.1 Å². The Morgan fingerprint density at radius 2 is 0.756 bits per heavy atom. The van der Waals surface area contributed by atoms with E-state index < -0.39 is 28.3 Å². The molecule has 6 heterocycles. The summed E-state index contributed by atoms with van der Waals surface area (Å²) in [5.74, 6) is 3.61. The van der Waals surface area contributed by atoms with Gasteiger partial charge in [-0.1, -0.05) is 30.4 Å². The van der Waals surface area contributed by atoms with Gasteiger partial charge in [0.15, 0.2) is 34.4 Å². The van der Waals surface area contributed by atoms with Gasteiger partial charge in [0.25, 0.3) is 5.91 Å². The molecule has 0 unspecified atom stereocenters. The second-order valence-electron chi connectivity index (χ2n) is 28.9. The minimum Gasteiger partial charge on any atom is -0.496 e. The Morgan fingerprint density at radius 3 is 1.09 bits per heavy atom. The van der Waals surface area contributed by atoms with Crippen molar-refractivity contribution in [1.29, 1.82) is 0 Å². The van der Waals surface area contributed by atoms with Crippen LogP contribution in [0.15, 0.2) is 167 Å². The van der Waals surface area contributed by atoms with Gasteiger partial charge in [0.1, 0.15) is 95.5 Å². The Kier molecular flexibility index (Phi) is 32.2. The highest BCUT2D eigenvalue weighted by Crippen LogP contribution is 2.37. The lowest BCUT2D eigenvalue weighted by Gasteiger charge is -2.26. The number of carbonyl (C=O) groups excluding carboxylic acids is 3. The maximum Gasteiger partial charge on any atom is 0.414 e. The molecule has 6 aromatic heterocycles. The number of hydrogen-bond donors (Lipinski definition) is 4. The monoisotopic (exact) mass is 1710 g/mol. The van der Waals surface area contributed by atoms with Crippen LogP contribution in [0.2, 0.25) is 0 Å². The number of halogens is 1. The largest absolute Gasteiger partial charge is 0.496 e. The number of allylic oxidation sites excluding steroid dienone is 1. The third kappa shape index (κ3) is 22.3. The predicted octanol–water partition coefficient (Wildman–Crippen LogP) is 9.85. The number of nitrogens with one attached hydrogen (secondary N) is 1. The van der Waals surface area contributed by atoms with E-state index in [0.717, 1.165) is 28.9 Å². The van der Waals surface area contributed by atoms with Crippen molar-refractivity contribution < 1.29 is 61.8 Å². The number of nitrogens with two attached hydrogens (primary N) is 3. The third-order valence-corrected chi connectivity index (χ3v) is 18.7. The number of amides is 2. The summed E-state index contributed by atoms with van der Waals surface area (Å²) >= 11 is 5.02. The van der Waals surface area contributed by atoms with Crippen molar-refractivity contribution >= 4 is 96.9 Å². The van der Waals surface area contributed by atoms with E-state index in [1.165, 1.54) is 68.3 Å². The van der Waals surface area contributed by atoms with E-state index in [1.54, 1.807) is 176 Å². The standard InChI is InChI=1S/C29H35N7O5.C28H34N6O6.C23H26N6O4.C6H10ClNO/c1-19-9-10-21(17-24(19)40-6)35-26-27(30)31-18-32-28(26)36(29(35)38)20-11-12-23(41-15-14-39-5)22(16-20)34(4)25(37)8-7-13-33(2)3;1-17-8-9-19(15-22(17)38-7)33-23-24(29)30-16-31-25(23)34(26(33)35)18-10-11-21(39-13-12-37-6)20(14-18)32(5)27(36)40-28(2,3)4;1-14-5-6-16(12-19(14)32-4)28-20-21(24)26-13-27-22(20)29(23(28)30)15-7-8-18(17(11-15)25-2)33-10-9-31-3;1-8(2)5-3-4-6(7)9/h7-12,16-18H,13-15H2,1-6H3,(H2,30,31,32);8-11,14-16H,12-13H2,1-7H3,(H2,29,30,31);5-8,11-13,25H,9-10H2,1-4H3,(H2,24,26,27);3-4H,5H2,1-2H3/b8-7+;;;4-3+. The zero-order valence-electron chi connectivity index (χ0n) is 72.4. The van der Waals surface area contributed by atoms with Crippen LogP contribution in [0.25, 0.3) is 67.6 Å². The number of aryl methyl sites for hydroxylation is 3. The van der Waals surface area contributed by atoms with Gasteiger partial charge in [-0.15, -0.1) is 0 Å². The van der Waals surface area contributed by atoms with Crippen LogP contribution in [0.4, 0.5) is 39.3 Å². The minimum atomic E-state index is -0.714. The number of ether oxygens (including phenoxy) is 10. The van der Waals surface area contributed by atoms with E-state index in [0.29, 0.717) is 141 Å². The average Bonchev–Trinajstić information content (AvgIpc) is 1.60. The molecule has 2 amide bonds. The lowest BCUT2D eigenvalue weighted by molar-refractivity contribution is -0.114. The van der Waals surface area contributed by atoms with Crippen LogP contribution >= 0.6 is 11.6 Å². The lowest BCUT2D eigenvalue weighted by Crippen LogP contribution is -2.34. The molecule has 0 aliphatic heterocycles. The van der Waals surface area contributed by atoms with Crippen LogP contribution in [0.5, 0.6) is 34.5 Å². The Hall–Kier alpha value is -13.7. The molecule has 37 heteroatoms. The molecule has 12 rings (SSSR count). The summed E-state index contributed by atoms with van der Waals surface area (Å²) in [5.41, 5.74) is 26.4. The molecule has 0 aliphatic rings. The number of benzene rings is 6. The van der Waals surface area contributed by atoms with E-state index in [4.69, 9.17) is 76.2 Å². The molecule has 0 saturated carbocycles. The van der Waals surface area contributed by atoms with Gasteiger partial charge in [0.2, 0.25) is 5.24 Å². The van der Waals surface area contributed by atoms with Crippen molar-refractivity contribution in [3.8, 4) is 68.6 Å². The maximum atomic E-state index is 14.1. The highest BCUT2D eigenvalue weighted by molar-refractivity contribution is 6.66. The number of aromatic nitrogens is 12. The van der Waals surface area contributed by atoms with E-state index in [2.05, 4.69) is 35.2 Å². The van der Waals surface area contributed by atoms with Gasteiger partial charge >= 0.3 is 23.2 Å². The van der Waals surface area contributed by atoms with E-state index in [9.17, 15) is 28.8 Å². The fraction of sp³-hybridized carbons (Fsp3) is 0.326. The lowest BCUT2D eigenvalue weighted by atomic mass is 10.2.